The van der Waals surface area contributed by atoms with Gasteiger partial charge < -0.3 is 27.8 Å². The summed E-state index contributed by atoms with van der Waals surface area (Å²) in [4.78, 5) is 24.5. The van der Waals surface area contributed by atoms with Gasteiger partial charge >= 0.3 is 0 Å². The van der Waals surface area contributed by atoms with E-state index in [1.165, 1.54) is 6.20 Å². The lowest BCUT2D eigenvalue weighted by Crippen LogP contribution is -2.53. The van der Waals surface area contributed by atoms with Gasteiger partial charge in [0.15, 0.2) is 0 Å². The van der Waals surface area contributed by atoms with Crippen molar-refractivity contribution in [2.75, 3.05) is 23.7 Å². The highest BCUT2D eigenvalue weighted by molar-refractivity contribution is 6.05. The number of amides is 2. The topological polar surface area (TPSA) is 160 Å². The summed E-state index contributed by atoms with van der Waals surface area (Å²) >= 11 is 0. The average Bonchev–Trinajstić information content (AvgIpc) is 2.74. The second kappa shape index (κ2) is 16.3. The zero-order chi connectivity index (χ0) is 22.9. The van der Waals surface area contributed by atoms with Crippen molar-refractivity contribution < 1.29 is 9.59 Å². The molecule has 0 saturated carbocycles. The van der Waals surface area contributed by atoms with Crippen molar-refractivity contribution in [1.29, 1.82) is 0 Å². The summed E-state index contributed by atoms with van der Waals surface area (Å²) in [7, 11) is 0. The van der Waals surface area contributed by atoms with Crippen LogP contribution >= 0.6 is 0 Å². The Labute approximate surface area is 180 Å². The van der Waals surface area contributed by atoms with E-state index in [2.05, 4.69) is 21.3 Å². The molecule has 2 atom stereocenters. The van der Waals surface area contributed by atoms with Crippen LogP contribution in [0.4, 0.5) is 11.4 Å². The highest BCUT2D eigenvalue weighted by Crippen LogP contribution is 2.16. The Kier molecular flexibility index (Phi) is 15.0. The van der Waals surface area contributed by atoms with Crippen LogP contribution in [0.2, 0.25) is 0 Å². The number of hydrogen-bond donors (Lipinski definition) is 7. The van der Waals surface area contributed by atoms with Crippen molar-refractivity contribution >= 4 is 23.2 Å². The minimum atomic E-state index is -0.479. The SMILES string of the molecule is CC.CCCNC(NC(N)CC)/C(=C\N)C(=O)Nc1cccc(NC(=O)CCN)c1. The first-order valence-corrected chi connectivity index (χ1v) is 10.5. The number of carbonyl (C=O) groups is 2. The van der Waals surface area contributed by atoms with Gasteiger partial charge in [0.1, 0.15) is 0 Å². The summed E-state index contributed by atoms with van der Waals surface area (Å²) in [6.07, 6.45) is 2.33. The second-order valence-corrected chi connectivity index (χ2v) is 6.31. The molecule has 0 spiro atoms. The number of anilines is 2. The van der Waals surface area contributed by atoms with Crippen molar-refractivity contribution in [1.82, 2.24) is 10.6 Å². The van der Waals surface area contributed by atoms with Crippen LogP contribution < -0.4 is 38.5 Å². The second-order valence-electron chi connectivity index (χ2n) is 6.31. The number of rotatable bonds is 12. The molecular weight excluding hydrogens is 382 g/mol. The van der Waals surface area contributed by atoms with Crippen LogP contribution in [0.1, 0.15) is 47.0 Å². The van der Waals surface area contributed by atoms with Crippen LogP contribution in [0.15, 0.2) is 36.0 Å². The predicted octanol–water partition coefficient (Wildman–Crippen LogP) is 1.39. The quantitative estimate of drug-likeness (QED) is 0.198. The molecule has 170 valence electrons. The molecule has 30 heavy (non-hydrogen) atoms. The Morgan fingerprint density at radius 2 is 1.77 bits per heavy atom. The molecule has 2 amide bonds. The first-order chi connectivity index (χ1) is 14.4. The van der Waals surface area contributed by atoms with E-state index in [0.29, 0.717) is 29.9 Å². The minimum Gasteiger partial charge on any atom is -0.404 e. The summed E-state index contributed by atoms with van der Waals surface area (Å²) in [5.74, 6) is -0.549. The van der Waals surface area contributed by atoms with Gasteiger partial charge in [-0.3, -0.25) is 20.2 Å². The Bertz CT molecular complexity index is 665. The average molecular weight is 422 g/mol. The van der Waals surface area contributed by atoms with Crippen molar-refractivity contribution in [2.24, 2.45) is 17.2 Å². The molecule has 9 heteroatoms. The van der Waals surface area contributed by atoms with Gasteiger partial charge in [-0.05, 0) is 37.6 Å². The van der Waals surface area contributed by atoms with Crippen LogP contribution in [0.5, 0.6) is 0 Å². The summed E-state index contributed by atoms with van der Waals surface area (Å²) < 4.78 is 0. The number of hydrogen-bond acceptors (Lipinski definition) is 7. The zero-order valence-electron chi connectivity index (χ0n) is 18.6. The van der Waals surface area contributed by atoms with Gasteiger partial charge in [-0.1, -0.05) is 33.8 Å². The Balaban J connectivity index is 0.00000407. The molecule has 0 aliphatic heterocycles. The van der Waals surface area contributed by atoms with Gasteiger partial charge in [-0.25, -0.2) is 0 Å². The predicted molar refractivity (Wildman–Crippen MR) is 124 cm³/mol. The van der Waals surface area contributed by atoms with Crippen molar-refractivity contribution in [3.05, 3.63) is 36.0 Å². The molecule has 0 bridgehead atoms. The first kappa shape index (κ1) is 27.5. The molecule has 10 N–H and O–H groups in total. The number of nitrogens with two attached hydrogens (primary N) is 3. The van der Waals surface area contributed by atoms with Crippen molar-refractivity contribution in [3.63, 3.8) is 0 Å². The van der Waals surface area contributed by atoms with E-state index >= 15 is 0 Å². The molecule has 0 heterocycles. The minimum absolute atomic E-state index is 0.185. The molecule has 0 aliphatic rings. The van der Waals surface area contributed by atoms with E-state index in [0.717, 1.165) is 6.42 Å². The third kappa shape index (κ3) is 10.4. The lowest BCUT2D eigenvalue weighted by atomic mass is 10.1. The number of carbonyl (C=O) groups excluding carboxylic acids is 2. The van der Waals surface area contributed by atoms with Gasteiger partial charge in [-0.2, -0.15) is 0 Å². The van der Waals surface area contributed by atoms with E-state index in [1.54, 1.807) is 24.3 Å². The van der Waals surface area contributed by atoms with Gasteiger partial charge in [0.2, 0.25) is 5.91 Å². The normalized spacial score (nSPS) is 12.9. The molecule has 0 aliphatic carbocycles. The standard InChI is InChI=1S/C19H33N7O2.C2H6/c1-3-10-23-18(26-16(22)4-2)15(12-21)19(28)25-14-7-5-6-13(11-14)24-17(27)8-9-20;1-2/h5-7,11-12,16,18,23,26H,3-4,8-10,20-22H2,1-2H3,(H,24,27)(H,25,28);1-2H3/b15-12+;. The Morgan fingerprint density at radius 1 is 1.13 bits per heavy atom. The molecule has 0 saturated heterocycles. The van der Waals surface area contributed by atoms with E-state index in [4.69, 9.17) is 17.2 Å². The smallest absolute Gasteiger partial charge is 0.256 e. The van der Waals surface area contributed by atoms with E-state index < -0.39 is 6.17 Å². The number of benzene rings is 1. The van der Waals surface area contributed by atoms with Crippen LogP contribution in [-0.2, 0) is 9.59 Å². The van der Waals surface area contributed by atoms with Gasteiger partial charge in [-0.15, -0.1) is 0 Å². The Hall–Kier alpha value is -2.46. The Morgan fingerprint density at radius 3 is 2.30 bits per heavy atom. The third-order valence-electron chi connectivity index (χ3n) is 3.95. The molecule has 0 radical (unpaired) electrons. The highest BCUT2D eigenvalue weighted by atomic mass is 16.2. The maximum absolute atomic E-state index is 12.8. The molecule has 0 fully saturated rings. The largest absolute Gasteiger partial charge is 0.404 e. The lowest BCUT2D eigenvalue weighted by molar-refractivity contribution is -0.116. The van der Waals surface area contributed by atoms with Crippen molar-refractivity contribution in [3.8, 4) is 0 Å². The van der Waals surface area contributed by atoms with Crippen LogP contribution in [-0.4, -0.2) is 37.2 Å². The molecule has 2 unspecified atom stereocenters. The maximum atomic E-state index is 12.8. The molecule has 1 aromatic rings. The van der Waals surface area contributed by atoms with Crippen LogP contribution in [0.3, 0.4) is 0 Å². The fourth-order valence-electron chi connectivity index (χ4n) is 2.41. The van der Waals surface area contributed by atoms with E-state index in [-0.39, 0.29) is 30.9 Å². The number of nitrogens with one attached hydrogen (secondary N) is 4. The van der Waals surface area contributed by atoms with Crippen LogP contribution in [0.25, 0.3) is 0 Å². The van der Waals surface area contributed by atoms with Gasteiger partial charge in [0.05, 0.1) is 17.9 Å². The third-order valence-corrected chi connectivity index (χ3v) is 3.95. The lowest BCUT2D eigenvalue weighted by Gasteiger charge is -2.25. The van der Waals surface area contributed by atoms with E-state index in [1.807, 2.05) is 27.7 Å². The summed E-state index contributed by atoms with van der Waals surface area (Å²) in [6, 6.07) is 6.86. The molecular formula is C21H39N7O2. The monoisotopic (exact) mass is 421 g/mol. The molecule has 9 nitrogen and oxygen atoms in total. The van der Waals surface area contributed by atoms with E-state index in [9.17, 15) is 9.59 Å². The first-order valence-electron chi connectivity index (χ1n) is 10.5. The van der Waals surface area contributed by atoms with Gasteiger partial charge in [0, 0.05) is 30.5 Å². The summed E-state index contributed by atoms with van der Waals surface area (Å²) in [5, 5.41) is 11.9. The van der Waals surface area contributed by atoms with Gasteiger partial charge in [0.25, 0.3) is 5.91 Å². The summed E-state index contributed by atoms with van der Waals surface area (Å²) in [6.45, 7) is 8.94. The van der Waals surface area contributed by atoms with Crippen molar-refractivity contribution in [2.45, 2.75) is 59.3 Å². The molecule has 0 aromatic heterocycles. The fourth-order valence-corrected chi connectivity index (χ4v) is 2.41. The molecule has 1 rings (SSSR count). The zero-order valence-corrected chi connectivity index (χ0v) is 18.6. The summed E-state index contributed by atoms with van der Waals surface area (Å²) in [5.41, 5.74) is 18.5. The maximum Gasteiger partial charge on any atom is 0.256 e. The van der Waals surface area contributed by atoms with Crippen LogP contribution in [0, 0.1) is 0 Å². The molecule has 1 aromatic carbocycles. The highest BCUT2D eigenvalue weighted by Gasteiger charge is 2.22. The fraction of sp³-hybridized carbons (Fsp3) is 0.524.